The highest BCUT2D eigenvalue weighted by atomic mass is 16.5. The topological polar surface area (TPSA) is 95.9 Å². The van der Waals surface area contributed by atoms with Gasteiger partial charge in [-0.3, -0.25) is 9.59 Å². The first kappa shape index (κ1) is 23.8. The van der Waals surface area contributed by atoms with Gasteiger partial charge >= 0.3 is 12.1 Å². The van der Waals surface area contributed by atoms with Crippen LogP contribution in [0.15, 0.2) is 48.5 Å². The monoisotopic (exact) mass is 464 g/mol. The summed E-state index contributed by atoms with van der Waals surface area (Å²) in [6.07, 6.45) is 0.272. The van der Waals surface area contributed by atoms with Crippen LogP contribution in [0.5, 0.6) is 0 Å². The Morgan fingerprint density at radius 1 is 1.06 bits per heavy atom. The summed E-state index contributed by atoms with van der Waals surface area (Å²) in [4.78, 5) is 38.9. The minimum absolute atomic E-state index is 0.0616. The van der Waals surface area contributed by atoms with E-state index in [0.29, 0.717) is 12.8 Å². The maximum absolute atomic E-state index is 13.1. The van der Waals surface area contributed by atoms with Crippen molar-refractivity contribution in [3.63, 3.8) is 0 Å². The minimum Gasteiger partial charge on any atom is -0.481 e. The third-order valence-corrected chi connectivity index (χ3v) is 7.07. The standard InChI is InChI=1S/C27H32N2O5/c1-4-27(25(31)32)15-29(16-27)24(30)23(13-17(2)3)28-26(33)34-14-22-20-11-7-5-9-18(20)19-10-6-8-12-21(19)22/h5-12,17,22-23H,4,13-16H2,1-3H3,(H,28,33)(H,31,32)/t23-/m1/s1. The first-order chi connectivity index (χ1) is 16.3. The van der Waals surface area contributed by atoms with Crippen molar-refractivity contribution >= 4 is 18.0 Å². The van der Waals surface area contributed by atoms with Gasteiger partial charge in [0.05, 0.1) is 0 Å². The average Bonchev–Trinajstić information content (AvgIpc) is 3.10. The van der Waals surface area contributed by atoms with Crippen LogP contribution in [-0.4, -0.2) is 53.7 Å². The van der Waals surface area contributed by atoms with Crippen molar-refractivity contribution in [2.24, 2.45) is 11.3 Å². The van der Waals surface area contributed by atoms with Crippen LogP contribution >= 0.6 is 0 Å². The Kier molecular flexibility index (Phi) is 6.64. The molecule has 2 aromatic rings. The number of aliphatic carboxylic acids is 1. The van der Waals surface area contributed by atoms with Crippen LogP contribution in [0.3, 0.4) is 0 Å². The van der Waals surface area contributed by atoms with Crippen molar-refractivity contribution in [1.29, 1.82) is 0 Å². The van der Waals surface area contributed by atoms with Gasteiger partial charge < -0.3 is 20.1 Å². The van der Waals surface area contributed by atoms with E-state index in [4.69, 9.17) is 4.74 Å². The Morgan fingerprint density at radius 2 is 1.62 bits per heavy atom. The quantitative estimate of drug-likeness (QED) is 0.609. The van der Waals surface area contributed by atoms with E-state index in [2.05, 4.69) is 29.6 Å². The molecule has 180 valence electrons. The predicted octanol–water partition coefficient (Wildman–Crippen LogP) is 4.26. The minimum atomic E-state index is -0.887. The number of hydrogen-bond acceptors (Lipinski definition) is 4. The van der Waals surface area contributed by atoms with Gasteiger partial charge in [-0.25, -0.2) is 4.79 Å². The summed E-state index contributed by atoms with van der Waals surface area (Å²) in [5.74, 6) is -1.04. The van der Waals surface area contributed by atoms with Gasteiger partial charge in [-0.15, -0.1) is 0 Å². The molecule has 1 fully saturated rings. The Bertz CT molecular complexity index is 1040. The van der Waals surface area contributed by atoms with Crippen molar-refractivity contribution in [2.45, 2.75) is 45.6 Å². The second-order valence-corrected chi connectivity index (χ2v) is 9.79. The second kappa shape index (κ2) is 9.49. The van der Waals surface area contributed by atoms with Crippen LogP contribution in [-0.2, 0) is 14.3 Å². The molecule has 0 spiro atoms. The summed E-state index contributed by atoms with van der Waals surface area (Å²) in [7, 11) is 0. The molecule has 2 amide bonds. The fraction of sp³-hybridized carbons (Fsp3) is 0.444. The fourth-order valence-corrected chi connectivity index (χ4v) is 5.05. The van der Waals surface area contributed by atoms with Gasteiger partial charge in [0, 0.05) is 19.0 Å². The molecule has 34 heavy (non-hydrogen) atoms. The molecule has 0 unspecified atom stereocenters. The maximum Gasteiger partial charge on any atom is 0.407 e. The van der Waals surface area contributed by atoms with Gasteiger partial charge in [-0.1, -0.05) is 69.3 Å². The van der Waals surface area contributed by atoms with Crippen molar-refractivity contribution in [2.75, 3.05) is 19.7 Å². The van der Waals surface area contributed by atoms with E-state index in [-0.39, 0.29) is 37.4 Å². The number of likely N-dealkylation sites (tertiary alicyclic amines) is 1. The average molecular weight is 465 g/mol. The van der Waals surface area contributed by atoms with E-state index in [1.54, 1.807) is 0 Å². The molecule has 7 nitrogen and oxygen atoms in total. The van der Waals surface area contributed by atoms with E-state index in [0.717, 1.165) is 22.3 Å². The summed E-state index contributed by atoms with van der Waals surface area (Å²) in [6.45, 7) is 6.27. The first-order valence-electron chi connectivity index (χ1n) is 11.9. The van der Waals surface area contributed by atoms with Crippen molar-refractivity contribution in [3.8, 4) is 11.1 Å². The van der Waals surface area contributed by atoms with E-state index < -0.39 is 23.5 Å². The molecule has 2 aromatic carbocycles. The SMILES string of the molecule is CCC1(C(=O)O)CN(C(=O)[C@@H](CC(C)C)NC(=O)OCC2c3ccccc3-c3ccccc32)C1. The highest BCUT2D eigenvalue weighted by Crippen LogP contribution is 2.44. The molecule has 1 atom stereocenters. The number of alkyl carbamates (subject to hydrolysis) is 1. The van der Waals surface area contributed by atoms with Crippen LogP contribution in [0.2, 0.25) is 0 Å². The normalized spacial score (nSPS) is 16.9. The summed E-state index contributed by atoms with van der Waals surface area (Å²) >= 11 is 0. The fourth-order valence-electron chi connectivity index (χ4n) is 5.05. The maximum atomic E-state index is 13.1. The third kappa shape index (κ3) is 4.39. The van der Waals surface area contributed by atoms with Gasteiger partial charge in [0.25, 0.3) is 0 Å². The number of carbonyl (C=O) groups is 3. The number of carbonyl (C=O) groups excluding carboxylic acids is 2. The molecule has 7 heteroatoms. The van der Waals surface area contributed by atoms with E-state index >= 15 is 0 Å². The second-order valence-electron chi connectivity index (χ2n) is 9.79. The van der Waals surface area contributed by atoms with Crippen molar-refractivity contribution in [3.05, 3.63) is 59.7 Å². The lowest BCUT2D eigenvalue weighted by atomic mass is 9.77. The zero-order chi connectivity index (χ0) is 24.5. The molecule has 1 saturated heterocycles. The highest BCUT2D eigenvalue weighted by Gasteiger charge is 2.51. The molecular formula is C27H32N2O5. The lowest BCUT2D eigenvalue weighted by molar-refractivity contribution is -0.167. The molecule has 0 radical (unpaired) electrons. The molecule has 2 aliphatic rings. The van der Waals surface area contributed by atoms with Gasteiger partial charge in [-0.2, -0.15) is 0 Å². The summed E-state index contributed by atoms with van der Waals surface area (Å²) in [5, 5.41) is 12.2. The molecule has 1 aliphatic heterocycles. The molecule has 0 saturated carbocycles. The Hall–Kier alpha value is -3.35. The number of amides is 2. The number of fused-ring (bicyclic) bond motifs is 3. The summed E-state index contributed by atoms with van der Waals surface area (Å²) < 4.78 is 5.62. The van der Waals surface area contributed by atoms with E-state index in [9.17, 15) is 19.5 Å². The number of nitrogens with zero attached hydrogens (tertiary/aromatic N) is 1. The molecule has 0 aromatic heterocycles. The zero-order valence-electron chi connectivity index (χ0n) is 19.9. The van der Waals surface area contributed by atoms with Crippen LogP contribution in [0.25, 0.3) is 11.1 Å². The molecule has 1 aliphatic carbocycles. The van der Waals surface area contributed by atoms with E-state index in [1.807, 2.05) is 45.0 Å². The third-order valence-electron chi connectivity index (χ3n) is 7.07. The predicted molar refractivity (Wildman–Crippen MR) is 128 cm³/mol. The highest BCUT2D eigenvalue weighted by molar-refractivity contribution is 5.89. The van der Waals surface area contributed by atoms with Crippen molar-refractivity contribution in [1.82, 2.24) is 10.2 Å². The number of carboxylic acids is 1. The summed E-state index contributed by atoms with van der Waals surface area (Å²) in [5.41, 5.74) is 3.65. The number of ether oxygens (including phenoxy) is 1. The Labute approximate surface area is 200 Å². The van der Waals surface area contributed by atoms with E-state index in [1.165, 1.54) is 4.90 Å². The number of hydrogen-bond donors (Lipinski definition) is 2. The zero-order valence-corrected chi connectivity index (χ0v) is 19.9. The smallest absolute Gasteiger partial charge is 0.407 e. The number of benzene rings is 2. The number of carboxylic acid groups (broad SMARTS) is 1. The number of nitrogens with one attached hydrogen (secondary N) is 1. The lowest BCUT2D eigenvalue weighted by Crippen LogP contribution is -2.65. The van der Waals surface area contributed by atoms with Crippen LogP contribution < -0.4 is 5.32 Å². The Morgan fingerprint density at radius 3 is 2.12 bits per heavy atom. The molecule has 1 heterocycles. The Balaban J connectivity index is 1.41. The van der Waals surface area contributed by atoms with Crippen LogP contribution in [0, 0.1) is 11.3 Å². The largest absolute Gasteiger partial charge is 0.481 e. The van der Waals surface area contributed by atoms with Gasteiger partial charge in [-0.05, 0) is 41.0 Å². The van der Waals surface area contributed by atoms with Crippen LogP contribution in [0.1, 0.15) is 50.7 Å². The van der Waals surface area contributed by atoms with Crippen LogP contribution in [0.4, 0.5) is 4.79 Å². The molecule has 4 rings (SSSR count). The van der Waals surface area contributed by atoms with Gasteiger partial charge in [0.15, 0.2) is 0 Å². The molecule has 0 bridgehead atoms. The summed E-state index contributed by atoms with van der Waals surface area (Å²) in [6, 6.07) is 15.5. The van der Waals surface area contributed by atoms with Gasteiger partial charge in [0.2, 0.25) is 5.91 Å². The van der Waals surface area contributed by atoms with Crippen molar-refractivity contribution < 1.29 is 24.2 Å². The molecular weight excluding hydrogens is 432 g/mol. The molecule has 2 N–H and O–H groups in total. The lowest BCUT2D eigenvalue weighted by Gasteiger charge is -2.47. The first-order valence-corrected chi connectivity index (χ1v) is 11.9. The number of rotatable bonds is 8. The van der Waals surface area contributed by atoms with Gasteiger partial charge in [0.1, 0.15) is 18.1 Å².